The van der Waals surface area contributed by atoms with Crippen molar-refractivity contribution in [2.24, 2.45) is 0 Å². The lowest BCUT2D eigenvalue weighted by Gasteiger charge is -2.46. The molecule has 5 aromatic rings. The monoisotopic (exact) mass is 453 g/mol. The summed E-state index contributed by atoms with van der Waals surface area (Å²) in [6.07, 6.45) is -1.28. The second-order valence-corrected chi connectivity index (χ2v) is 9.81. The van der Waals surface area contributed by atoms with Gasteiger partial charge in [-0.05, 0) is 24.6 Å². The Bertz CT molecular complexity index is 1730. The summed E-state index contributed by atoms with van der Waals surface area (Å²) in [5.41, 5.74) is 4.86. The van der Waals surface area contributed by atoms with Crippen molar-refractivity contribution in [2.75, 3.05) is 7.11 Å². The molecule has 7 nitrogen and oxygen atoms in total. The maximum atomic E-state index is 13.2. The summed E-state index contributed by atoms with van der Waals surface area (Å²) in [5.74, 6) is -0.0363. The van der Waals surface area contributed by atoms with Gasteiger partial charge in [-0.25, -0.2) is 0 Å². The molecule has 1 saturated heterocycles. The van der Waals surface area contributed by atoms with Crippen LogP contribution in [0.2, 0.25) is 0 Å². The number of amides is 1. The zero-order valence-electron chi connectivity index (χ0n) is 18.8. The van der Waals surface area contributed by atoms with Crippen molar-refractivity contribution < 1.29 is 19.4 Å². The molecular formula is C27H23N3O4. The molecule has 3 aliphatic heterocycles. The van der Waals surface area contributed by atoms with Crippen LogP contribution in [0.15, 0.2) is 48.5 Å². The third kappa shape index (κ3) is 1.92. The molecule has 2 aromatic heterocycles. The lowest BCUT2D eigenvalue weighted by Crippen LogP contribution is -2.56. The zero-order valence-corrected chi connectivity index (χ0v) is 18.8. The molecule has 170 valence electrons. The molecule has 0 aliphatic carbocycles. The molecule has 3 aliphatic rings. The number of methoxy groups -OCH3 is 1. The SMILES string of the molecule is CO[C@@H]1[C@@H](O)C[C@H]2O[C@]1(C)n1c3ccccc3c3c4c(c5c6ccccc6n2c5c31)C(=O)NC4. The summed E-state index contributed by atoms with van der Waals surface area (Å²) in [7, 11) is 1.63. The molecule has 0 saturated carbocycles. The van der Waals surface area contributed by atoms with Crippen LogP contribution in [0.4, 0.5) is 0 Å². The number of hydrogen-bond donors (Lipinski definition) is 2. The van der Waals surface area contributed by atoms with E-state index in [-0.39, 0.29) is 5.91 Å². The maximum Gasteiger partial charge on any atom is 0.252 e. The van der Waals surface area contributed by atoms with Crippen molar-refractivity contribution >= 4 is 49.5 Å². The van der Waals surface area contributed by atoms with Crippen molar-refractivity contribution in [1.82, 2.24) is 14.5 Å². The second kappa shape index (κ2) is 5.99. The van der Waals surface area contributed by atoms with E-state index in [2.05, 4.69) is 38.7 Å². The minimum absolute atomic E-state index is 0.0363. The Morgan fingerprint density at radius 1 is 1.06 bits per heavy atom. The summed E-state index contributed by atoms with van der Waals surface area (Å²) in [6, 6.07) is 16.4. The molecule has 5 heterocycles. The summed E-state index contributed by atoms with van der Waals surface area (Å²) in [5, 5.41) is 18.5. The number of aliphatic hydroxyl groups is 1. The molecule has 8 rings (SSSR count). The first-order chi connectivity index (χ1) is 16.5. The van der Waals surface area contributed by atoms with Gasteiger partial charge in [-0.3, -0.25) is 4.79 Å². The number of aliphatic hydroxyl groups excluding tert-OH is 1. The molecule has 0 unspecified atom stereocenters. The highest BCUT2D eigenvalue weighted by molar-refractivity contribution is 6.31. The van der Waals surface area contributed by atoms with Crippen LogP contribution in [0.25, 0.3) is 43.6 Å². The van der Waals surface area contributed by atoms with Gasteiger partial charge in [0.2, 0.25) is 0 Å². The number of aromatic nitrogens is 2. The lowest BCUT2D eigenvalue weighted by atomic mass is 9.95. The van der Waals surface area contributed by atoms with Gasteiger partial charge in [0.15, 0.2) is 5.72 Å². The molecule has 1 fully saturated rings. The van der Waals surface area contributed by atoms with E-state index in [9.17, 15) is 9.90 Å². The van der Waals surface area contributed by atoms with Crippen LogP contribution in [0.3, 0.4) is 0 Å². The van der Waals surface area contributed by atoms with Gasteiger partial charge in [0, 0.05) is 41.6 Å². The topological polar surface area (TPSA) is 77.7 Å². The molecule has 1 amide bonds. The fourth-order valence-corrected chi connectivity index (χ4v) is 7.03. The van der Waals surface area contributed by atoms with E-state index in [4.69, 9.17) is 9.47 Å². The highest BCUT2D eigenvalue weighted by Gasteiger charge is 2.53. The second-order valence-electron chi connectivity index (χ2n) is 9.81. The van der Waals surface area contributed by atoms with Gasteiger partial charge < -0.3 is 29.0 Å². The number of nitrogens with zero attached hydrogens (tertiary/aromatic N) is 2. The first-order valence-corrected chi connectivity index (χ1v) is 11.7. The van der Waals surface area contributed by atoms with Gasteiger partial charge in [0.05, 0.1) is 33.7 Å². The van der Waals surface area contributed by atoms with Crippen LogP contribution < -0.4 is 5.32 Å². The van der Waals surface area contributed by atoms with Crippen LogP contribution in [0.1, 0.15) is 35.5 Å². The number of carbonyl (C=O) groups is 1. The Balaban J connectivity index is 1.75. The Hall–Kier alpha value is -3.39. The first-order valence-electron chi connectivity index (χ1n) is 11.7. The minimum atomic E-state index is -0.949. The number of para-hydroxylation sites is 2. The predicted octanol–water partition coefficient (Wildman–Crippen LogP) is 4.13. The predicted molar refractivity (Wildman–Crippen MR) is 129 cm³/mol. The third-order valence-corrected chi connectivity index (χ3v) is 8.20. The molecule has 3 aromatic carbocycles. The number of nitrogens with one attached hydrogen (secondary N) is 1. The normalized spacial score (nSPS) is 27.7. The molecular weight excluding hydrogens is 430 g/mol. The van der Waals surface area contributed by atoms with Crippen LogP contribution in [-0.4, -0.2) is 39.5 Å². The van der Waals surface area contributed by atoms with Crippen molar-refractivity contribution in [1.29, 1.82) is 0 Å². The molecule has 4 atom stereocenters. The van der Waals surface area contributed by atoms with E-state index in [0.717, 1.165) is 54.7 Å². The van der Waals surface area contributed by atoms with E-state index < -0.39 is 24.2 Å². The number of ether oxygens (including phenoxy) is 2. The summed E-state index contributed by atoms with van der Waals surface area (Å²) < 4.78 is 17.2. The smallest absolute Gasteiger partial charge is 0.252 e. The van der Waals surface area contributed by atoms with E-state index in [0.29, 0.717) is 13.0 Å². The minimum Gasteiger partial charge on any atom is -0.390 e. The van der Waals surface area contributed by atoms with Crippen molar-refractivity contribution in [3.63, 3.8) is 0 Å². The van der Waals surface area contributed by atoms with Crippen LogP contribution in [-0.2, 0) is 21.7 Å². The van der Waals surface area contributed by atoms with E-state index in [1.54, 1.807) is 7.11 Å². The van der Waals surface area contributed by atoms with Gasteiger partial charge in [-0.1, -0.05) is 36.4 Å². The fourth-order valence-electron chi connectivity index (χ4n) is 7.03. The van der Waals surface area contributed by atoms with Crippen LogP contribution in [0.5, 0.6) is 0 Å². The zero-order chi connectivity index (χ0) is 22.9. The Morgan fingerprint density at radius 2 is 1.76 bits per heavy atom. The molecule has 0 radical (unpaired) electrons. The summed E-state index contributed by atoms with van der Waals surface area (Å²) >= 11 is 0. The maximum absolute atomic E-state index is 13.2. The first kappa shape index (κ1) is 19.0. The van der Waals surface area contributed by atoms with Gasteiger partial charge in [0.25, 0.3) is 5.91 Å². The van der Waals surface area contributed by atoms with Crippen LogP contribution >= 0.6 is 0 Å². The van der Waals surface area contributed by atoms with Crippen molar-refractivity contribution in [3.8, 4) is 0 Å². The molecule has 2 bridgehead atoms. The number of rotatable bonds is 1. The number of benzene rings is 3. The third-order valence-electron chi connectivity index (χ3n) is 8.20. The summed E-state index contributed by atoms with van der Waals surface area (Å²) in [4.78, 5) is 13.2. The Labute approximate surface area is 194 Å². The number of carbonyl (C=O) groups excluding carboxylic acids is 1. The standard InChI is InChI=1S/C27H23N3O4/c1-27-25(33-2)18(31)11-19(34-27)29-16-9-5-3-7-13(16)21-22-15(12-28-26(22)32)20-14-8-4-6-10-17(14)30(27)24(20)23(21)29/h3-10,18-19,25,31H,11-12H2,1-2H3,(H,28,32)/t18-,19+,25+,27-/m0/s1. The van der Waals surface area contributed by atoms with E-state index in [1.165, 1.54) is 0 Å². The highest BCUT2D eigenvalue weighted by atomic mass is 16.6. The van der Waals surface area contributed by atoms with Crippen LogP contribution in [0, 0.1) is 0 Å². The summed E-state index contributed by atoms with van der Waals surface area (Å²) in [6.45, 7) is 2.50. The van der Waals surface area contributed by atoms with Gasteiger partial charge >= 0.3 is 0 Å². The van der Waals surface area contributed by atoms with E-state index in [1.807, 2.05) is 31.2 Å². The number of fused-ring (bicyclic) bond motifs is 13. The molecule has 0 spiro atoms. The lowest BCUT2D eigenvalue weighted by molar-refractivity contribution is -0.278. The average Bonchev–Trinajstić information content (AvgIpc) is 3.46. The van der Waals surface area contributed by atoms with E-state index >= 15 is 0 Å². The average molecular weight is 453 g/mol. The van der Waals surface area contributed by atoms with Gasteiger partial charge in [-0.15, -0.1) is 0 Å². The Kier molecular flexibility index (Phi) is 3.34. The molecule has 34 heavy (non-hydrogen) atoms. The quantitative estimate of drug-likeness (QED) is 0.400. The largest absolute Gasteiger partial charge is 0.390 e. The molecule has 2 N–H and O–H groups in total. The number of hydrogen-bond acceptors (Lipinski definition) is 4. The van der Waals surface area contributed by atoms with Crippen molar-refractivity contribution in [3.05, 3.63) is 59.7 Å². The van der Waals surface area contributed by atoms with Gasteiger partial charge in [0.1, 0.15) is 12.3 Å². The van der Waals surface area contributed by atoms with Crippen molar-refractivity contribution in [2.45, 2.75) is 44.1 Å². The highest BCUT2D eigenvalue weighted by Crippen LogP contribution is 2.53. The Morgan fingerprint density at radius 3 is 2.53 bits per heavy atom. The molecule has 7 heteroatoms. The van der Waals surface area contributed by atoms with Gasteiger partial charge in [-0.2, -0.15) is 0 Å². The fraction of sp³-hybridized carbons (Fsp3) is 0.296.